The van der Waals surface area contributed by atoms with Gasteiger partial charge >= 0.3 is 0 Å². The highest BCUT2D eigenvalue weighted by Crippen LogP contribution is 2.20. The van der Waals surface area contributed by atoms with Crippen molar-refractivity contribution >= 4 is 15.9 Å². The first-order valence-corrected chi connectivity index (χ1v) is 9.97. The standard InChI is InChI=1S/C14H23N5O3S/c1-23(21,22)19-9-5-6-11(19)14(20)15-10-13-17-16-12-7-3-2-4-8-18(12)13/h11H,2-10H2,1H3,(H,15,20). The van der Waals surface area contributed by atoms with Crippen molar-refractivity contribution in [1.29, 1.82) is 0 Å². The largest absolute Gasteiger partial charge is 0.347 e. The van der Waals surface area contributed by atoms with Gasteiger partial charge in [-0.3, -0.25) is 4.79 Å². The third kappa shape index (κ3) is 3.55. The number of aromatic nitrogens is 3. The van der Waals surface area contributed by atoms with Crippen molar-refractivity contribution in [2.45, 2.75) is 57.7 Å². The first kappa shape index (κ1) is 16.4. The van der Waals surface area contributed by atoms with Crippen LogP contribution in [-0.4, -0.2) is 52.2 Å². The van der Waals surface area contributed by atoms with Crippen molar-refractivity contribution in [3.8, 4) is 0 Å². The predicted molar refractivity (Wildman–Crippen MR) is 84.0 cm³/mol. The Kier molecular flexibility index (Phi) is 4.67. The number of amides is 1. The van der Waals surface area contributed by atoms with Crippen molar-refractivity contribution in [3.05, 3.63) is 11.6 Å². The van der Waals surface area contributed by atoms with E-state index in [1.165, 1.54) is 10.7 Å². The monoisotopic (exact) mass is 341 g/mol. The molecule has 0 saturated carbocycles. The van der Waals surface area contributed by atoms with Gasteiger partial charge in [-0.15, -0.1) is 10.2 Å². The van der Waals surface area contributed by atoms with Gasteiger partial charge in [0.1, 0.15) is 11.9 Å². The van der Waals surface area contributed by atoms with Crippen molar-refractivity contribution < 1.29 is 13.2 Å². The van der Waals surface area contributed by atoms with E-state index in [9.17, 15) is 13.2 Å². The molecule has 2 aliphatic rings. The Balaban J connectivity index is 1.64. The maximum absolute atomic E-state index is 12.4. The molecule has 3 rings (SSSR count). The Bertz CT molecular complexity index is 685. The van der Waals surface area contributed by atoms with E-state index in [1.807, 2.05) is 0 Å². The summed E-state index contributed by atoms with van der Waals surface area (Å²) >= 11 is 0. The van der Waals surface area contributed by atoms with Crippen LogP contribution in [0.15, 0.2) is 0 Å². The number of hydrogen-bond donors (Lipinski definition) is 1. The van der Waals surface area contributed by atoms with Crippen LogP contribution in [0.4, 0.5) is 0 Å². The van der Waals surface area contributed by atoms with Crippen LogP contribution in [0.2, 0.25) is 0 Å². The third-order valence-corrected chi connectivity index (χ3v) is 5.83. The quantitative estimate of drug-likeness (QED) is 0.834. The first-order chi connectivity index (χ1) is 11.0. The zero-order valence-electron chi connectivity index (χ0n) is 13.4. The number of sulfonamides is 1. The summed E-state index contributed by atoms with van der Waals surface area (Å²) < 4.78 is 26.8. The Morgan fingerprint density at radius 1 is 1.22 bits per heavy atom. The van der Waals surface area contributed by atoms with Crippen LogP contribution in [0.3, 0.4) is 0 Å². The van der Waals surface area contributed by atoms with Crippen LogP contribution in [0.25, 0.3) is 0 Å². The van der Waals surface area contributed by atoms with E-state index in [2.05, 4.69) is 20.1 Å². The molecule has 128 valence electrons. The molecule has 1 amide bonds. The van der Waals surface area contributed by atoms with Crippen LogP contribution in [-0.2, 0) is 34.3 Å². The zero-order chi connectivity index (χ0) is 16.4. The van der Waals surface area contributed by atoms with Crippen molar-refractivity contribution in [3.63, 3.8) is 0 Å². The molecule has 1 N–H and O–H groups in total. The van der Waals surface area contributed by atoms with E-state index in [1.54, 1.807) is 0 Å². The van der Waals surface area contributed by atoms with Gasteiger partial charge in [0.15, 0.2) is 5.82 Å². The van der Waals surface area contributed by atoms with Gasteiger partial charge in [-0.1, -0.05) is 6.42 Å². The molecule has 0 aliphatic carbocycles. The lowest BCUT2D eigenvalue weighted by Gasteiger charge is -2.21. The topological polar surface area (TPSA) is 97.2 Å². The Morgan fingerprint density at radius 2 is 2.04 bits per heavy atom. The summed E-state index contributed by atoms with van der Waals surface area (Å²) in [4.78, 5) is 12.4. The lowest BCUT2D eigenvalue weighted by atomic mass is 10.2. The van der Waals surface area contributed by atoms with E-state index >= 15 is 0 Å². The molecule has 0 spiro atoms. The maximum Gasteiger partial charge on any atom is 0.238 e. The smallest absolute Gasteiger partial charge is 0.238 e. The van der Waals surface area contributed by atoms with Crippen molar-refractivity contribution in [1.82, 2.24) is 24.4 Å². The summed E-state index contributed by atoms with van der Waals surface area (Å²) in [5, 5.41) is 11.2. The van der Waals surface area contributed by atoms with Crippen LogP contribution in [0.5, 0.6) is 0 Å². The molecule has 1 aromatic heterocycles. The number of carbonyl (C=O) groups is 1. The fraction of sp³-hybridized carbons (Fsp3) is 0.786. The molecule has 0 bridgehead atoms. The summed E-state index contributed by atoms with van der Waals surface area (Å²) in [6.45, 7) is 1.59. The highest BCUT2D eigenvalue weighted by atomic mass is 32.2. The van der Waals surface area contributed by atoms with E-state index < -0.39 is 16.1 Å². The third-order valence-electron chi connectivity index (χ3n) is 4.54. The second-order valence-corrected chi connectivity index (χ2v) is 8.18. The molecule has 2 aliphatic heterocycles. The second-order valence-electron chi connectivity index (χ2n) is 6.24. The summed E-state index contributed by atoms with van der Waals surface area (Å²) in [5.41, 5.74) is 0. The van der Waals surface area contributed by atoms with E-state index in [-0.39, 0.29) is 5.91 Å². The molecule has 1 saturated heterocycles. The van der Waals surface area contributed by atoms with Gasteiger partial charge in [-0.25, -0.2) is 8.42 Å². The number of hydrogen-bond acceptors (Lipinski definition) is 5. The van der Waals surface area contributed by atoms with Gasteiger partial charge in [-0.2, -0.15) is 4.31 Å². The molecular weight excluding hydrogens is 318 g/mol. The molecule has 23 heavy (non-hydrogen) atoms. The minimum atomic E-state index is -3.35. The predicted octanol–water partition coefficient (Wildman–Crippen LogP) is 0.0447. The number of nitrogens with zero attached hydrogens (tertiary/aromatic N) is 4. The Morgan fingerprint density at radius 3 is 2.83 bits per heavy atom. The summed E-state index contributed by atoms with van der Waals surface area (Å²) in [7, 11) is -3.35. The maximum atomic E-state index is 12.4. The van der Waals surface area contributed by atoms with E-state index in [0.717, 1.165) is 43.7 Å². The van der Waals surface area contributed by atoms with Crippen molar-refractivity contribution in [2.24, 2.45) is 0 Å². The average Bonchev–Trinajstić information content (AvgIpc) is 3.07. The fourth-order valence-corrected chi connectivity index (χ4v) is 4.48. The molecule has 8 nitrogen and oxygen atoms in total. The summed E-state index contributed by atoms with van der Waals surface area (Å²) in [6, 6.07) is -0.600. The number of carbonyl (C=O) groups excluding carboxylic acids is 1. The van der Waals surface area contributed by atoms with Gasteiger partial charge in [0.25, 0.3) is 0 Å². The highest BCUT2D eigenvalue weighted by molar-refractivity contribution is 7.88. The molecule has 0 aromatic carbocycles. The molecular formula is C14H23N5O3S. The number of nitrogens with one attached hydrogen (secondary N) is 1. The molecule has 1 aromatic rings. The first-order valence-electron chi connectivity index (χ1n) is 8.12. The highest BCUT2D eigenvalue weighted by Gasteiger charge is 2.36. The molecule has 1 atom stereocenters. The lowest BCUT2D eigenvalue weighted by molar-refractivity contribution is -0.124. The normalized spacial score (nSPS) is 22.6. The Hall–Kier alpha value is -1.48. The van der Waals surface area contributed by atoms with Gasteiger partial charge < -0.3 is 9.88 Å². The molecule has 1 fully saturated rings. The van der Waals surface area contributed by atoms with Gasteiger partial charge in [0, 0.05) is 19.5 Å². The van der Waals surface area contributed by atoms with Crippen LogP contribution in [0.1, 0.15) is 43.8 Å². The van der Waals surface area contributed by atoms with E-state index in [4.69, 9.17) is 0 Å². The van der Waals surface area contributed by atoms with E-state index in [0.29, 0.717) is 25.9 Å². The molecule has 3 heterocycles. The molecule has 9 heteroatoms. The minimum Gasteiger partial charge on any atom is -0.347 e. The van der Waals surface area contributed by atoms with Crippen LogP contribution >= 0.6 is 0 Å². The zero-order valence-corrected chi connectivity index (χ0v) is 14.2. The fourth-order valence-electron chi connectivity index (χ4n) is 3.36. The van der Waals surface area contributed by atoms with Crippen molar-refractivity contribution in [2.75, 3.05) is 12.8 Å². The minimum absolute atomic E-state index is 0.251. The van der Waals surface area contributed by atoms with Gasteiger partial charge in [0.2, 0.25) is 15.9 Å². The summed E-state index contributed by atoms with van der Waals surface area (Å²) in [5.74, 6) is 1.48. The van der Waals surface area contributed by atoms with Crippen LogP contribution < -0.4 is 5.32 Å². The molecule has 0 radical (unpaired) electrons. The lowest BCUT2D eigenvalue weighted by Crippen LogP contribution is -2.45. The number of fused-ring (bicyclic) bond motifs is 1. The van der Waals surface area contributed by atoms with Crippen LogP contribution in [0, 0.1) is 0 Å². The summed E-state index contributed by atoms with van der Waals surface area (Å²) in [6.07, 6.45) is 6.75. The number of rotatable bonds is 4. The Labute approximate surface area is 136 Å². The average molecular weight is 341 g/mol. The van der Waals surface area contributed by atoms with Gasteiger partial charge in [0.05, 0.1) is 12.8 Å². The molecule has 1 unspecified atom stereocenters. The van der Waals surface area contributed by atoms with Gasteiger partial charge in [-0.05, 0) is 25.7 Å². The number of aryl methyl sites for hydroxylation is 1. The second kappa shape index (κ2) is 6.56. The SMILES string of the molecule is CS(=O)(=O)N1CCCC1C(=O)NCc1nnc2n1CCCCC2.